The van der Waals surface area contributed by atoms with Crippen molar-refractivity contribution in [3.63, 3.8) is 0 Å². The second-order valence-corrected chi connectivity index (χ2v) is 12.7. The largest absolute Gasteiger partial charge is 0.352 e. The zero-order valence-corrected chi connectivity index (χ0v) is 24.1. The molecule has 2 N–H and O–H groups in total. The topological polar surface area (TPSA) is 124 Å². The standard InChI is InChI=1S/C30H37N5O4S/c1-21(2)17-26(33-29(36)19-25-18-22-9-4-6-12-27(22)34(25)3)30(37)32-24-11-8-15-35(16-14-24)40(38,39)28-13-7-5-10-23(28)20-31/h4-7,9-10,12-13,18,21,24,26H,8,11,14-17,19H2,1-3H3,(H,32,37)(H,33,36)/t24-,26+/m1/s1. The molecule has 2 atom stereocenters. The molecule has 40 heavy (non-hydrogen) atoms. The first-order valence-electron chi connectivity index (χ1n) is 13.7. The van der Waals surface area contributed by atoms with E-state index in [1.54, 1.807) is 12.1 Å². The monoisotopic (exact) mass is 563 g/mol. The first-order valence-corrected chi connectivity index (χ1v) is 15.2. The number of rotatable bonds is 9. The van der Waals surface area contributed by atoms with Gasteiger partial charge in [-0.05, 0) is 61.3 Å². The molecule has 0 aliphatic carbocycles. The van der Waals surface area contributed by atoms with Crippen molar-refractivity contribution in [1.29, 1.82) is 5.26 Å². The fourth-order valence-corrected chi connectivity index (χ4v) is 6.94. The minimum atomic E-state index is -3.83. The number of carbonyl (C=O) groups is 2. The van der Waals surface area contributed by atoms with Gasteiger partial charge in [0, 0.05) is 37.4 Å². The third kappa shape index (κ3) is 6.72. The zero-order chi connectivity index (χ0) is 28.9. The van der Waals surface area contributed by atoms with Crippen LogP contribution in [0, 0.1) is 17.2 Å². The van der Waals surface area contributed by atoms with Gasteiger partial charge in [-0.2, -0.15) is 9.57 Å². The maximum Gasteiger partial charge on any atom is 0.244 e. The molecule has 1 saturated heterocycles. The molecule has 1 aliphatic rings. The lowest BCUT2D eigenvalue weighted by Crippen LogP contribution is -2.50. The number of hydrogen-bond donors (Lipinski definition) is 2. The Morgan fingerprint density at radius 2 is 1.80 bits per heavy atom. The smallest absolute Gasteiger partial charge is 0.244 e. The summed E-state index contributed by atoms with van der Waals surface area (Å²) in [6.45, 7) is 4.55. The molecule has 1 aromatic heterocycles. The van der Waals surface area contributed by atoms with Crippen molar-refractivity contribution in [2.75, 3.05) is 13.1 Å². The number of aromatic nitrogens is 1. The molecule has 4 rings (SSSR count). The van der Waals surface area contributed by atoms with E-state index in [1.807, 2.05) is 61.9 Å². The van der Waals surface area contributed by atoms with Crippen molar-refractivity contribution in [3.05, 3.63) is 65.9 Å². The Labute approximate surface area is 236 Å². The molecule has 0 radical (unpaired) electrons. The predicted molar refractivity (Wildman–Crippen MR) is 154 cm³/mol. The number of benzene rings is 2. The predicted octanol–water partition coefficient (Wildman–Crippen LogP) is 3.48. The van der Waals surface area contributed by atoms with E-state index in [-0.39, 0.29) is 47.2 Å². The summed E-state index contributed by atoms with van der Waals surface area (Å²) >= 11 is 0. The molecule has 0 saturated carbocycles. The van der Waals surface area contributed by atoms with Crippen LogP contribution in [0.2, 0.25) is 0 Å². The summed E-state index contributed by atoms with van der Waals surface area (Å²) in [5.41, 5.74) is 2.03. The van der Waals surface area contributed by atoms with E-state index in [0.717, 1.165) is 16.6 Å². The van der Waals surface area contributed by atoms with Gasteiger partial charge in [0.15, 0.2) is 0 Å². The second-order valence-electron chi connectivity index (χ2n) is 10.8. The molecule has 0 spiro atoms. The quantitative estimate of drug-likeness (QED) is 0.413. The number of fused-ring (bicyclic) bond motifs is 1. The maximum absolute atomic E-state index is 13.3. The Kier molecular flexibility index (Phi) is 9.28. The highest BCUT2D eigenvalue weighted by Crippen LogP contribution is 2.23. The first kappa shape index (κ1) is 29.3. The average Bonchev–Trinajstić information content (AvgIpc) is 3.07. The van der Waals surface area contributed by atoms with E-state index < -0.39 is 16.1 Å². The van der Waals surface area contributed by atoms with Gasteiger partial charge in [-0.1, -0.05) is 44.2 Å². The third-order valence-electron chi connectivity index (χ3n) is 7.41. The number of nitrogens with one attached hydrogen (secondary N) is 2. The van der Waals surface area contributed by atoms with Crippen molar-refractivity contribution in [1.82, 2.24) is 19.5 Å². The van der Waals surface area contributed by atoms with E-state index in [2.05, 4.69) is 10.6 Å². The summed E-state index contributed by atoms with van der Waals surface area (Å²) < 4.78 is 29.9. The van der Waals surface area contributed by atoms with Crippen LogP contribution in [0.4, 0.5) is 0 Å². The summed E-state index contributed by atoms with van der Waals surface area (Å²) in [4.78, 5) is 26.4. The summed E-state index contributed by atoms with van der Waals surface area (Å²) in [6, 6.07) is 17.2. The minimum Gasteiger partial charge on any atom is -0.352 e. The number of sulfonamides is 1. The van der Waals surface area contributed by atoms with Crippen molar-refractivity contribution in [2.24, 2.45) is 13.0 Å². The van der Waals surface area contributed by atoms with Gasteiger partial charge in [0.2, 0.25) is 21.8 Å². The number of hydrogen-bond acceptors (Lipinski definition) is 5. The third-order valence-corrected chi connectivity index (χ3v) is 9.37. The van der Waals surface area contributed by atoms with E-state index in [9.17, 15) is 23.3 Å². The number of aryl methyl sites for hydroxylation is 1. The Balaban J connectivity index is 1.39. The Morgan fingerprint density at radius 3 is 2.52 bits per heavy atom. The lowest BCUT2D eigenvalue weighted by Gasteiger charge is -2.24. The number of carbonyl (C=O) groups excluding carboxylic acids is 2. The van der Waals surface area contributed by atoms with Crippen LogP contribution in [0.15, 0.2) is 59.5 Å². The maximum atomic E-state index is 13.3. The van der Waals surface area contributed by atoms with E-state index in [0.29, 0.717) is 32.2 Å². The summed E-state index contributed by atoms with van der Waals surface area (Å²) in [7, 11) is -1.90. The Bertz CT molecular complexity index is 1520. The number of para-hydroxylation sites is 1. The number of nitrogens with zero attached hydrogens (tertiary/aromatic N) is 3. The SMILES string of the molecule is CC(C)C[C@H](NC(=O)Cc1cc2ccccc2n1C)C(=O)N[C@@H]1CCCN(S(=O)(=O)c2ccccc2C#N)CC1. The first-order chi connectivity index (χ1) is 19.1. The minimum absolute atomic E-state index is 0.00538. The van der Waals surface area contributed by atoms with Crippen molar-refractivity contribution >= 4 is 32.7 Å². The van der Waals surface area contributed by atoms with Crippen molar-refractivity contribution < 1.29 is 18.0 Å². The molecule has 0 bridgehead atoms. The van der Waals surface area contributed by atoms with Crippen LogP contribution < -0.4 is 10.6 Å². The highest BCUT2D eigenvalue weighted by Gasteiger charge is 2.31. The van der Waals surface area contributed by atoms with Gasteiger partial charge in [0.05, 0.1) is 16.9 Å². The molecule has 3 aromatic rings. The van der Waals surface area contributed by atoms with E-state index in [4.69, 9.17) is 0 Å². The molecule has 9 nitrogen and oxygen atoms in total. The van der Waals surface area contributed by atoms with Gasteiger partial charge in [0.25, 0.3) is 0 Å². The molecule has 2 aromatic carbocycles. The van der Waals surface area contributed by atoms with Crippen LogP contribution in [0.1, 0.15) is 50.8 Å². The lowest BCUT2D eigenvalue weighted by atomic mass is 10.0. The molecule has 2 amide bonds. The normalized spacial score (nSPS) is 17.2. The average molecular weight is 564 g/mol. The van der Waals surface area contributed by atoms with Crippen molar-refractivity contribution in [3.8, 4) is 6.07 Å². The van der Waals surface area contributed by atoms with Crippen LogP contribution in [0.25, 0.3) is 10.9 Å². The molecule has 212 valence electrons. The summed E-state index contributed by atoms with van der Waals surface area (Å²) in [6.07, 6.45) is 2.29. The van der Waals surface area contributed by atoms with Crippen LogP contribution in [0.3, 0.4) is 0 Å². The van der Waals surface area contributed by atoms with Crippen LogP contribution >= 0.6 is 0 Å². The highest BCUT2D eigenvalue weighted by molar-refractivity contribution is 7.89. The molecule has 2 heterocycles. The number of amides is 2. The summed E-state index contributed by atoms with van der Waals surface area (Å²) in [5, 5.41) is 16.4. The van der Waals surface area contributed by atoms with E-state index in [1.165, 1.54) is 16.4 Å². The van der Waals surface area contributed by atoms with Gasteiger partial charge >= 0.3 is 0 Å². The highest BCUT2D eigenvalue weighted by atomic mass is 32.2. The van der Waals surface area contributed by atoms with Crippen LogP contribution in [-0.4, -0.2) is 54.3 Å². The second kappa shape index (κ2) is 12.7. The van der Waals surface area contributed by atoms with E-state index >= 15 is 0 Å². The molecular formula is C30H37N5O4S. The molecular weight excluding hydrogens is 526 g/mol. The Hall–Kier alpha value is -3.68. The van der Waals surface area contributed by atoms with Gasteiger partial charge in [-0.25, -0.2) is 8.42 Å². The van der Waals surface area contributed by atoms with Gasteiger partial charge in [0.1, 0.15) is 12.1 Å². The fraction of sp³-hybridized carbons (Fsp3) is 0.433. The summed E-state index contributed by atoms with van der Waals surface area (Å²) in [5.74, 6) is -0.292. The van der Waals surface area contributed by atoms with Gasteiger partial charge < -0.3 is 15.2 Å². The lowest BCUT2D eigenvalue weighted by molar-refractivity contribution is -0.129. The molecule has 10 heteroatoms. The molecule has 0 unspecified atom stereocenters. The van der Waals surface area contributed by atoms with Crippen molar-refractivity contribution in [2.45, 2.75) is 62.9 Å². The molecule has 1 aliphatic heterocycles. The molecule has 1 fully saturated rings. The van der Waals surface area contributed by atoms with Crippen LogP contribution in [0.5, 0.6) is 0 Å². The fourth-order valence-electron chi connectivity index (χ4n) is 5.31. The number of nitriles is 1. The van der Waals surface area contributed by atoms with Gasteiger partial charge in [-0.3, -0.25) is 9.59 Å². The Morgan fingerprint density at radius 1 is 1.07 bits per heavy atom. The van der Waals surface area contributed by atoms with Crippen LogP contribution in [-0.2, 0) is 33.1 Å². The zero-order valence-electron chi connectivity index (χ0n) is 23.3. The van der Waals surface area contributed by atoms with Gasteiger partial charge in [-0.15, -0.1) is 0 Å².